The molecule has 2 rings (SSSR count). The van der Waals surface area contributed by atoms with Crippen LogP contribution in [0.25, 0.3) is 0 Å². The van der Waals surface area contributed by atoms with Crippen molar-refractivity contribution in [1.29, 1.82) is 0 Å². The second-order valence-electron chi connectivity index (χ2n) is 3.84. The summed E-state index contributed by atoms with van der Waals surface area (Å²) in [5, 5.41) is 2.98. The van der Waals surface area contributed by atoms with Crippen LogP contribution in [-0.2, 0) is 9.53 Å². The van der Waals surface area contributed by atoms with Gasteiger partial charge in [0, 0.05) is 12.5 Å². The van der Waals surface area contributed by atoms with Crippen molar-refractivity contribution in [2.45, 2.75) is 32.2 Å². The maximum Gasteiger partial charge on any atom is 0.286 e. The standard InChI is InChI=1S/C10H15NO2/c1-7-4-5-8(7)11-10(12)9-3-2-6-13-9/h3,7-8H,2,4-6H2,1H3,(H,11,12). The SMILES string of the molecule is CC1CCC1NC(=O)C1=CCCO1. The second-order valence-corrected chi connectivity index (χ2v) is 3.84. The van der Waals surface area contributed by atoms with Crippen molar-refractivity contribution in [3.05, 3.63) is 11.8 Å². The lowest BCUT2D eigenvalue weighted by molar-refractivity contribution is -0.122. The summed E-state index contributed by atoms with van der Waals surface area (Å²) in [6.07, 6.45) is 5.06. The smallest absolute Gasteiger partial charge is 0.286 e. The topological polar surface area (TPSA) is 38.3 Å². The van der Waals surface area contributed by atoms with E-state index in [9.17, 15) is 4.79 Å². The van der Waals surface area contributed by atoms with Crippen LogP contribution in [0, 0.1) is 5.92 Å². The fraction of sp³-hybridized carbons (Fsp3) is 0.700. The minimum Gasteiger partial charge on any atom is -0.488 e. The molecule has 72 valence electrons. The fourth-order valence-corrected chi connectivity index (χ4v) is 1.70. The minimum atomic E-state index is -0.0333. The van der Waals surface area contributed by atoms with Crippen molar-refractivity contribution >= 4 is 5.91 Å². The summed E-state index contributed by atoms with van der Waals surface area (Å²) in [5.74, 6) is 1.11. The summed E-state index contributed by atoms with van der Waals surface area (Å²) in [4.78, 5) is 11.5. The normalized spacial score (nSPS) is 31.6. The lowest BCUT2D eigenvalue weighted by atomic mass is 9.81. The summed E-state index contributed by atoms with van der Waals surface area (Å²) >= 11 is 0. The van der Waals surface area contributed by atoms with E-state index in [0.29, 0.717) is 24.3 Å². The van der Waals surface area contributed by atoms with Crippen LogP contribution in [0.5, 0.6) is 0 Å². The highest BCUT2D eigenvalue weighted by Gasteiger charge is 2.29. The highest BCUT2D eigenvalue weighted by molar-refractivity contribution is 5.91. The van der Waals surface area contributed by atoms with Crippen LogP contribution in [0.2, 0.25) is 0 Å². The molecule has 0 aromatic carbocycles. The summed E-state index contributed by atoms with van der Waals surface area (Å²) in [5.41, 5.74) is 0. The van der Waals surface area contributed by atoms with Crippen molar-refractivity contribution in [2.75, 3.05) is 6.61 Å². The van der Waals surface area contributed by atoms with Gasteiger partial charge in [0.2, 0.25) is 0 Å². The molecule has 1 fully saturated rings. The monoisotopic (exact) mass is 181 g/mol. The Kier molecular flexibility index (Phi) is 2.25. The molecule has 1 saturated carbocycles. The highest BCUT2D eigenvalue weighted by Crippen LogP contribution is 2.26. The number of carbonyl (C=O) groups is 1. The van der Waals surface area contributed by atoms with Crippen molar-refractivity contribution in [1.82, 2.24) is 5.32 Å². The van der Waals surface area contributed by atoms with Gasteiger partial charge in [0.1, 0.15) is 0 Å². The predicted molar refractivity (Wildman–Crippen MR) is 49.0 cm³/mol. The van der Waals surface area contributed by atoms with Gasteiger partial charge < -0.3 is 10.1 Å². The first-order valence-electron chi connectivity index (χ1n) is 4.91. The first-order chi connectivity index (χ1) is 6.27. The predicted octanol–water partition coefficient (Wildman–Crippen LogP) is 1.21. The Balaban J connectivity index is 1.84. The summed E-state index contributed by atoms with van der Waals surface area (Å²) in [6.45, 7) is 2.82. The number of rotatable bonds is 2. The molecule has 1 aliphatic carbocycles. The number of amides is 1. The van der Waals surface area contributed by atoms with Gasteiger partial charge in [-0.05, 0) is 24.8 Å². The van der Waals surface area contributed by atoms with E-state index < -0.39 is 0 Å². The Morgan fingerprint density at radius 1 is 1.62 bits per heavy atom. The van der Waals surface area contributed by atoms with Gasteiger partial charge in [-0.15, -0.1) is 0 Å². The van der Waals surface area contributed by atoms with Crippen molar-refractivity contribution in [3.63, 3.8) is 0 Å². The van der Waals surface area contributed by atoms with E-state index in [1.165, 1.54) is 6.42 Å². The van der Waals surface area contributed by atoms with E-state index in [1.807, 2.05) is 6.08 Å². The van der Waals surface area contributed by atoms with Crippen molar-refractivity contribution in [3.8, 4) is 0 Å². The van der Waals surface area contributed by atoms with Gasteiger partial charge >= 0.3 is 0 Å². The average Bonchev–Trinajstić information content (AvgIpc) is 2.64. The summed E-state index contributed by atoms with van der Waals surface area (Å²) < 4.78 is 5.17. The zero-order valence-corrected chi connectivity index (χ0v) is 7.88. The number of nitrogens with one attached hydrogen (secondary N) is 1. The van der Waals surface area contributed by atoms with Crippen LogP contribution in [0.1, 0.15) is 26.2 Å². The molecular formula is C10H15NO2. The van der Waals surface area contributed by atoms with Crippen LogP contribution in [0.4, 0.5) is 0 Å². The molecule has 0 aromatic heterocycles. The molecule has 2 atom stereocenters. The third kappa shape index (κ3) is 1.69. The van der Waals surface area contributed by atoms with E-state index in [-0.39, 0.29) is 5.91 Å². The molecule has 2 unspecified atom stereocenters. The molecule has 0 spiro atoms. The Bertz CT molecular complexity index is 247. The van der Waals surface area contributed by atoms with Gasteiger partial charge in [-0.3, -0.25) is 4.79 Å². The van der Waals surface area contributed by atoms with E-state index in [2.05, 4.69) is 12.2 Å². The molecule has 2 aliphatic rings. The van der Waals surface area contributed by atoms with Gasteiger partial charge in [-0.25, -0.2) is 0 Å². The van der Waals surface area contributed by atoms with Gasteiger partial charge in [-0.2, -0.15) is 0 Å². The quantitative estimate of drug-likeness (QED) is 0.695. The lowest BCUT2D eigenvalue weighted by Gasteiger charge is -2.34. The first kappa shape index (κ1) is 8.60. The summed E-state index contributed by atoms with van der Waals surface area (Å²) in [7, 11) is 0. The van der Waals surface area contributed by atoms with E-state index in [1.54, 1.807) is 0 Å². The number of hydrogen-bond acceptors (Lipinski definition) is 2. The molecule has 0 aromatic rings. The fourth-order valence-electron chi connectivity index (χ4n) is 1.70. The molecule has 0 saturated heterocycles. The van der Waals surface area contributed by atoms with E-state index >= 15 is 0 Å². The zero-order chi connectivity index (χ0) is 9.26. The largest absolute Gasteiger partial charge is 0.488 e. The van der Waals surface area contributed by atoms with Gasteiger partial charge in [-0.1, -0.05) is 6.92 Å². The number of carbonyl (C=O) groups excluding carboxylic acids is 1. The molecule has 3 heteroatoms. The molecule has 0 bridgehead atoms. The van der Waals surface area contributed by atoms with Gasteiger partial charge in [0.25, 0.3) is 5.91 Å². The Morgan fingerprint density at radius 2 is 2.46 bits per heavy atom. The Morgan fingerprint density at radius 3 is 2.92 bits per heavy atom. The van der Waals surface area contributed by atoms with Gasteiger partial charge in [0.05, 0.1) is 6.61 Å². The van der Waals surface area contributed by atoms with Crippen LogP contribution in [0.3, 0.4) is 0 Å². The Hall–Kier alpha value is -0.990. The average molecular weight is 181 g/mol. The molecular weight excluding hydrogens is 166 g/mol. The van der Waals surface area contributed by atoms with Crippen LogP contribution in [0.15, 0.2) is 11.8 Å². The van der Waals surface area contributed by atoms with Crippen LogP contribution in [-0.4, -0.2) is 18.6 Å². The molecule has 13 heavy (non-hydrogen) atoms. The maximum absolute atomic E-state index is 11.5. The van der Waals surface area contributed by atoms with Gasteiger partial charge in [0.15, 0.2) is 5.76 Å². The lowest BCUT2D eigenvalue weighted by Crippen LogP contribution is -2.46. The van der Waals surface area contributed by atoms with E-state index in [0.717, 1.165) is 12.8 Å². The molecule has 0 radical (unpaired) electrons. The van der Waals surface area contributed by atoms with Crippen molar-refractivity contribution in [2.24, 2.45) is 5.92 Å². The van der Waals surface area contributed by atoms with E-state index in [4.69, 9.17) is 4.74 Å². The highest BCUT2D eigenvalue weighted by atomic mass is 16.5. The molecule has 3 nitrogen and oxygen atoms in total. The second kappa shape index (κ2) is 3.40. The molecule has 1 aliphatic heterocycles. The number of ether oxygens (including phenoxy) is 1. The molecule has 1 N–H and O–H groups in total. The maximum atomic E-state index is 11.5. The summed E-state index contributed by atoms with van der Waals surface area (Å²) in [6, 6.07) is 0.373. The van der Waals surface area contributed by atoms with Crippen molar-refractivity contribution < 1.29 is 9.53 Å². The third-order valence-corrected chi connectivity index (χ3v) is 2.87. The Labute approximate surface area is 78.1 Å². The molecule has 1 heterocycles. The van der Waals surface area contributed by atoms with Crippen LogP contribution < -0.4 is 5.32 Å². The number of hydrogen-bond donors (Lipinski definition) is 1. The first-order valence-corrected chi connectivity index (χ1v) is 4.91. The van der Waals surface area contributed by atoms with Crippen LogP contribution >= 0.6 is 0 Å². The third-order valence-electron chi connectivity index (χ3n) is 2.87. The zero-order valence-electron chi connectivity index (χ0n) is 7.88. The minimum absolute atomic E-state index is 0.0333. The molecule has 1 amide bonds.